The molecule has 4 unspecified atom stereocenters. The Kier molecular flexibility index (Phi) is 6.87. The van der Waals surface area contributed by atoms with Crippen molar-refractivity contribution in [2.75, 3.05) is 0 Å². The molecule has 3 rings (SSSR count). The molecule has 0 saturated carbocycles. The number of nitrogens with zero attached hydrogens (tertiary/aromatic N) is 1. The van der Waals surface area contributed by atoms with Crippen LogP contribution in [0.3, 0.4) is 0 Å². The van der Waals surface area contributed by atoms with Gasteiger partial charge in [-0.15, -0.1) is 0 Å². The van der Waals surface area contributed by atoms with E-state index in [0.29, 0.717) is 5.92 Å². The van der Waals surface area contributed by atoms with Gasteiger partial charge in [-0.25, -0.2) is 0 Å². The number of cyclic esters (lactones) is 1. The van der Waals surface area contributed by atoms with Crippen LogP contribution in [-0.4, -0.2) is 34.2 Å². The highest BCUT2D eigenvalue weighted by Crippen LogP contribution is 2.31. The number of esters is 1. The first kappa shape index (κ1) is 20.6. The van der Waals surface area contributed by atoms with Gasteiger partial charge in [0, 0.05) is 13.1 Å². The Hall–Kier alpha value is -2.17. The molecule has 1 heterocycles. The highest BCUT2D eigenvalue weighted by molar-refractivity contribution is 5.75. The fraction of sp³-hybridized carbons (Fsp3) is 0.458. The van der Waals surface area contributed by atoms with E-state index in [1.807, 2.05) is 36.4 Å². The van der Waals surface area contributed by atoms with E-state index in [9.17, 15) is 9.90 Å². The Labute approximate surface area is 168 Å². The predicted molar refractivity (Wildman–Crippen MR) is 110 cm³/mol. The lowest BCUT2D eigenvalue weighted by Gasteiger charge is -2.37. The van der Waals surface area contributed by atoms with Crippen LogP contribution in [-0.2, 0) is 22.6 Å². The van der Waals surface area contributed by atoms with Gasteiger partial charge in [0.15, 0.2) is 0 Å². The molecule has 2 aromatic rings. The molecule has 0 spiro atoms. The summed E-state index contributed by atoms with van der Waals surface area (Å²) < 4.78 is 5.67. The van der Waals surface area contributed by atoms with Crippen LogP contribution in [0, 0.1) is 11.8 Å². The average Bonchev–Trinajstić information content (AvgIpc) is 2.94. The number of ether oxygens (including phenoxy) is 1. The van der Waals surface area contributed by atoms with Crippen LogP contribution in [0.4, 0.5) is 0 Å². The highest BCUT2D eigenvalue weighted by Gasteiger charge is 2.46. The smallest absolute Gasteiger partial charge is 0.311 e. The quantitative estimate of drug-likeness (QED) is 0.702. The first-order valence-corrected chi connectivity index (χ1v) is 10.2. The van der Waals surface area contributed by atoms with Crippen molar-refractivity contribution >= 4 is 5.97 Å². The lowest BCUT2D eigenvalue weighted by Crippen LogP contribution is -2.48. The van der Waals surface area contributed by atoms with Gasteiger partial charge in [-0.1, -0.05) is 74.5 Å². The molecule has 1 saturated heterocycles. The van der Waals surface area contributed by atoms with E-state index in [2.05, 4.69) is 43.0 Å². The molecule has 1 N–H and O–H groups in total. The van der Waals surface area contributed by atoms with Gasteiger partial charge in [-0.05, 0) is 30.4 Å². The summed E-state index contributed by atoms with van der Waals surface area (Å²) in [6.45, 7) is 7.56. The predicted octanol–water partition coefficient (Wildman–Crippen LogP) is 4.03. The minimum absolute atomic E-state index is 0.0516. The number of hydrogen-bond donors (Lipinski definition) is 1. The summed E-state index contributed by atoms with van der Waals surface area (Å²) in [4.78, 5) is 14.5. The zero-order valence-electron chi connectivity index (χ0n) is 17.0. The minimum Gasteiger partial charge on any atom is -0.458 e. The van der Waals surface area contributed by atoms with E-state index in [-0.39, 0.29) is 12.0 Å². The van der Waals surface area contributed by atoms with Crippen molar-refractivity contribution < 1.29 is 14.6 Å². The van der Waals surface area contributed by atoms with E-state index in [0.717, 1.165) is 19.5 Å². The van der Waals surface area contributed by atoms with Crippen LogP contribution in [0.15, 0.2) is 60.7 Å². The Bertz CT molecular complexity index is 705. The second-order valence-corrected chi connectivity index (χ2v) is 8.25. The van der Waals surface area contributed by atoms with E-state index < -0.39 is 18.1 Å². The number of rotatable bonds is 8. The van der Waals surface area contributed by atoms with Gasteiger partial charge < -0.3 is 9.84 Å². The van der Waals surface area contributed by atoms with Gasteiger partial charge in [-0.2, -0.15) is 0 Å². The van der Waals surface area contributed by atoms with Crippen molar-refractivity contribution in [3.8, 4) is 0 Å². The van der Waals surface area contributed by atoms with E-state index >= 15 is 0 Å². The summed E-state index contributed by atoms with van der Waals surface area (Å²) >= 11 is 0. The first-order valence-electron chi connectivity index (χ1n) is 10.2. The third-order valence-corrected chi connectivity index (χ3v) is 5.49. The third kappa shape index (κ3) is 5.00. The highest BCUT2D eigenvalue weighted by atomic mass is 16.6. The molecule has 0 aromatic heterocycles. The second kappa shape index (κ2) is 9.35. The summed E-state index contributed by atoms with van der Waals surface area (Å²) in [6, 6.07) is 20.6. The molecule has 2 aromatic carbocycles. The van der Waals surface area contributed by atoms with Gasteiger partial charge in [0.1, 0.15) is 12.2 Å². The topological polar surface area (TPSA) is 49.8 Å². The number of carbonyl (C=O) groups is 1. The summed E-state index contributed by atoms with van der Waals surface area (Å²) in [5.74, 6) is -0.360. The van der Waals surface area contributed by atoms with Gasteiger partial charge in [0.2, 0.25) is 0 Å². The maximum atomic E-state index is 12.1. The maximum Gasteiger partial charge on any atom is 0.311 e. The molecule has 0 bridgehead atoms. The fourth-order valence-electron chi connectivity index (χ4n) is 3.94. The Morgan fingerprint density at radius 2 is 1.46 bits per heavy atom. The zero-order valence-corrected chi connectivity index (χ0v) is 17.0. The molecule has 28 heavy (non-hydrogen) atoms. The van der Waals surface area contributed by atoms with Crippen molar-refractivity contribution in [3.63, 3.8) is 0 Å². The van der Waals surface area contributed by atoms with E-state index in [1.165, 1.54) is 11.1 Å². The van der Waals surface area contributed by atoms with Crippen LogP contribution >= 0.6 is 0 Å². The Balaban J connectivity index is 1.91. The molecule has 4 nitrogen and oxygen atoms in total. The van der Waals surface area contributed by atoms with Gasteiger partial charge >= 0.3 is 5.97 Å². The molecule has 4 atom stereocenters. The third-order valence-electron chi connectivity index (χ3n) is 5.49. The average molecular weight is 382 g/mol. The van der Waals surface area contributed by atoms with Crippen LogP contribution in [0.1, 0.15) is 38.3 Å². The van der Waals surface area contributed by atoms with Crippen molar-refractivity contribution in [3.05, 3.63) is 71.8 Å². The van der Waals surface area contributed by atoms with Gasteiger partial charge in [0.05, 0.1) is 12.0 Å². The molecule has 0 aliphatic carbocycles. The maximum absolute atomic E-state index is 12.1. The molecular weight excluding hydrogens is 350 g/mol. The van der Waals surface area contributed by atoms with Gasteiger partial charge in [0.25, 0.3) is 0 Å². The van der Waals surface area contributed by atoms with Gasteiger partial charge in [-0.3, -0.25) is 9.69 Å². The molecule has 4 heteroatoms. The summed E-state index contributed by atoms with van der Waals surface area (Å²) in [6.07, 6.45) is -0.427. The standard InChI is InChI=1S/C24H31NO3/c1-17(2)14-21(23-22(26)18(3)24(27)28-23)25(15-19-10-6-4-7-11-19)16-20-12-8-5-9-13-20/h4-13,17-18,21-23,26H,14-16H2,1-3H3. The normalized spacial score (nSPS) is 23.2. The number of benzene rings is 2. The molecule has 150 valence electrons. The molecule has 0 amide bonds. The summed E-state index contributed by atoms with van der Waals surface area (Å²) in [5, 5.41) is 10.7. The summed E-state index contributed by atoms with van der Waals surface area (Å²) in [7, 11) is 0. The van der Waals surface area contributed by atoms with Crippen molar-refractivity contribution in [2.45, 2.75) is 58.5 Å². The Morgan fingerprint density at radius 3 is 1.86 bits per heavy atom. The number of hydrogen-bond acceptors (Lipinski definition) is 4. The second-order valence-electron chi connectivity index (χ2n) is 8.25. The SMILES string of the molecule is CC(C)CC(C1OC(=O)C(C)C1O)N(Cc1ccccc1)Cc1ccccc1. The summed E-state index contributed by atoms with van der Waals surface area (Å²) in [5.41, 5.74) is 2.41. The minimum atomic E-state index is -0.773. The van der Waals surface area contributed by atoms with E-state index in [4.69, 9.17) is 4.74 Å². The molecule has 1 aliphatic rings. The lowest BCUT2D eigenvalue weighted by molar-refractivity contribution is -0.147. The lowest BCUT2D eigenvalue weighted by atomic mass is 9.91. The largest absolute Gasteiger partial charge is 0.458 e. The molecular formula is C24H31NO3. The zero-order chi connectivity index (χ0) is 20.1. The molecule has 0 radical (unpaired) electrons. The molecule has 1 aliphatic heterocycles. The van der Waals surface area contributed by atoms with Crippen LogP contribution in [0.5, 0.6) is 0 Å². The first-order chi connectivity index (χ1) is 13.5. The Morgan fingerprint density at radius 1 is 0.964 bits per heavy atom. The van der Waals surface area contributed by atoms with Crippen LogP contribution < -0.4 is 0 Å². The number of aliphatic hydroxyl groups is 1. The van der Waals surface area contributed by atoms with Crippen molar-refractivity contribution in [1.29, 1.82) is 0 Å². The number of carbonyl (C=O) groups excluding carboxylic acids is 1. The number of aliphatic hydroxyl groups excluding tert-OH is 1. The monoisotopic (exact) mass is 381 g/mol. The van der Waals surface area contributed by atoms with Crippen molar-refractivity contribution in [2.24, 2.45) is 11.8 Å². The van der Waals surface area contributed by atoms with E-state index in [1.54, 1.807) is 6.92 Å². The van der Waals surface area contributed by atoms with Crippen LogP contribution in [0.2, 0.25) is 0 Å². The van der Waals surface area contributed by atoms with Crippen LogP contribution in [0.25, 0.3) is 0 Å². The fourth-order valence-corrected chi connectivity index (χ4v) is 3.94. The molecule has 1 fully saturated rings. The van der Waals surface area contributed by atoms with Crippen molar-refractivity contribution in [1.82, 2.24) is 4.90 Å².